The van der Waals surface area contributed by atoms with Gasteiger partial charge in [0.05, 0.1) is 17.4 Å². The Bertz CT molecular complexity index is 2880. The number of hydrogen-bond donors (Lipinski definition) is 1. The number of anilines is 1. The lowest BCUT2D eigenvalue weighted by atomic mass is 9.91. The fourth-order valence-electron chi connectivity index (χ4n) is 9.10. The van der Waals surface area contributed by atoms with Gasteiger partial charge in [-0.05, 0) is 78.3 Å². The van der Waals surface area contributed by atoms with Crippen LogP contribution in [0.1, 0.15) is 28.8 Å². The Morgan fingerprint density at radius 1 is 0.455 bits per heavy atom. The molecular weight excluding hydrogens is 667 g/mol. The van der Waals surface area contributed by atoms with Crippen molar-refractivity contribution in [3.05, 3.63) is 223 Å². The summed E-state index contributed by atoms with van der Waals surface area (Å²) in [6.45, 7) is 0. The zero-order valence-corrected chi connectivity index (χ0v) is 30.3. The maximum atomic E-state index is 5.38. The van der Waals surface area contributed by atoms with Gasteiger partial charge in [-0.15, -0.1) is 0 Å². The second kappa shape index (κ2) is 12.9. The molecule has 0 fully saturated rings. The van der Waals surface area contributed by atoms with Crippen LogP contribution >= 0.6 is 0 Å². The van der Waals surface area contributed by atoms with Crippen LogP contribution in [0.25, 0.3) is 54.6 Å². The highest BCUT2D eigenvalue weighted by Crippen LogP contribution is 2.45. The zero-order valence-electron chi connectivity index (χ0n) is 30.3. The van der Waals surface area contributed by atoms with E-state index >= 15 is 0 Å². The van der Waals surface area contributed by atoms with E-state index in [4.69, 9.17) is 4.99 Å². The van der Waals surface area contributed by atoms with Gasteiger partial charge in [-0.3, -0.25) is 10.2 Å². The molecule has 0 radical (unpaired) electrons. The summed E-state index contributed by atoms with van der Waals surface area (Å²) in [5, 5.41) is 10.1. The van der Waals surface area contributed by atoms with Crippen LogP contribution in [-0.4, -0.2) is 11.8 Å². The Kier molecular flexibility index (Phi) is 7.46. The quantitative estimate of drug-likeness (QED) is 0.178. The Balaban J connectivity index is 0.939. The number of benzene rings is 8. The van der Waals surface area contributed by atoms with Crippen LogP contribution in [0.15, 0.2) is 211 Å². The van der Waals surface area contributed by atoms with Gasteiger partial charge >= 0.3 is 0 Å². The first-order chi connectivity index (χ1) is 27.3. The Morgan fingerprint density at radius 2 is 1.04 bits per heavy atom. The highest BCUT2D eigenvalue weighted by atomic mass is 15.3. The molecule has 0 amide bonds. The Labute approximate surface area is 320 Å². The van der Waals surface area contributed by atoms with Gasteiger partial charge < -0.3 is 0 Å². The van der Waals surface area contributed by atoms with E-state index in [0.29, 0.717) is 5.92 Å². The number of quaternary nitrogens is 1. The Hall–Kier alpha value is -6.81. The normalized spacial score (nSPS) is 18.7. The monoisotopic (exact) mass is 704 g/mol. The first-order valence-corrected chi connectivity index (χ1v) is 19.2. The largest absolute Gasteiger partial charge is 0.290 e. The molecule has 2 aliphatic heterocycles. The maximum Gasteiger partial charge on any atom is 0.212 e. The van der Waals surface area contributed by atoms with Crippen LogP contribution in [0, 0.1) is 0 Å². The molecule has 0 spiro atoms. The van der Waals surface area contributed by atoms with Crippen molar-refractivity contribution in [1.82, 2.24) is 0 Å². The van der Waals surface area contributed by atoms with E-state index in [2.05, 4.69) is 210 Å². The van der Waals surface area contributed by atoms with Crippen molar-refractivity contribution in [2.45, 2.75) is 18.1 Å². The molecule has 2 heterocycles. The summed E-state index contributed by atoms with van der Waals surface area (Å²) in [7, 11) is 0. The van der Waals surface area contributed by atoms with Crippen molar-refractivity contribution in [2.75, 3.05) is 4.90 Å². The van der Waals surface area contributed by atoms with Crippen molar-refractivity contribution in [3.63, 3.8) is 0 Å². The van der Waals surface area contributed by atoms with Crippen molar-refractivity contribution >= 4 is 43.7 Å². The minimum absolute atomic E-state index is 0.132. The van der Waals surface area contributed by atoms with Crippen LogP contribution in [0.4, 0.5) is 5.69 Å². The second-order valence-corrected chi connectivity index (χ2v) is 14.8. The third kappa shape index (κ3) is 5.35. The van der Waals surface area contributed by atoms with Gasteiger partial charge in [-0.1, -0.05) is 176 Å². The molecule has 0 saturated heterocycles. The standard InChI is InChI=1S/C52H37N3/c1-2-13-36(14-3-1)48-33-51(55-49-23-10-8-21-45(49)46-22-9-11-24-50(46)55)54-52(53-48)39-16-12-15-37(31-39)34-25-27-35(28-26-34)38-29-30-44-42-19-5-4-17-40(42)41-18-6-7-20-43(41)47(44)32-38/h1-33,45,49,52,54H/p+1. The molecule has 1 aliphatic carbocycles. The van der Waals surface area contributed by atoms with Gasteiger partial charge in [0, 0.05) is 23.1 Å². The highest BCUT2D eigenvalue weighted by molar-refractivity contribution is 6.25. The molecule has 55 heavy (non-hydrogen) atoms. The predicted octanol–water partition coefficient (Wildman–Crippen LogP) is 11.5. The number of rotatable bonds is 5. The van der Waals surface area contributed by atoms with E-state index in [0.717, 1.165) is 11.3 Å². The van der Waals surface area contributed by atoms with Gasteiger partial charge in [-0.2, -0.15) is 0 Å². The number of fused-ring (bicyclic) bond motifs is 9. The molecule has 3 heteroatoms. The summed E-state index contributed by atoms with van der Waals surface area (Å²) < 4.78 is 0. The molecule has 2 N–H and O–H groups in total. The predicted molar refractivity (Wildman–Crippen MR) is 229 cm³/mol. The molecule has 0 saturated carbocycles. The van der Waals surface area contributed by atoms with Crippen molar-refractivity contribution in [2.24, 2.45) is 4.99 Å². The topological polar surface area (TPSA) is 32.2 Å². The number of allylic oxidation sites excluding steroid dienone is 3. The van der Waals surface area contributed by atoms with Crippen LogP contribution in [0.2, 0.25) is 0 Å². The summed E-state index contributed by atoms with van der Waals surface area (Å²) in [5.74, 6) is 1.51. The average Bonchev–Trinajstić information content (AvgIpc) is 3.61. The second-order valence-electron chi connectivity index (χ2n) is 14.8. The molecule has 3 atom stereocenters. The number of hydrogen-bond acceptors (Lipinski definition) is 2. The maximum absolute atomic E-state index is 5.38. The van der Waals surface area contributed by atoms with E-state index in [-0.39, 0.29) is 12.2 Å². The molecule has 8 aromatic rings. The van der Waals surface area contributed by atoms with Gasteiger partial charge in [-0.25, -0.2) is 4.99 Å². The molecule has 0 bridgehead atoms. The molecule has 11 rings (SSSR count). The number of nitrogens with two attached hydrogens (primary N) is 1. The molecule has 8 aromatic carbocycles. The lowest BCUT2D eigenvalue weighted by molar-refractivity contribution is -0.651. The number of nitrogens with zero attached hydrogens (tertiary/aromatic N) is 2. The fraction of sp³-hybridized carbons (Fsp3) is 0.0577. The van der Waals surface area contributed by atoms with E-state index < -0.39 is 0 Å². The van der Waals surface area contributed by atoms with Crippen LogP contribution in [0.5, 0.6) is 0 Å². The van der Waals surface area contributed by atoms with Gasteiger partial charge in [0.15, 0.2) is 0 Å². The molecule has 3 nitrogen and oxygen atoms in total. The summed E-state index contributed by atoms with van der Waals surface area (Å²) in [6.07, 6.45) is 11.2. The van der Waals surface area contributed by atoms with Crippen molar-refractivity contribution in [3.8, 4) is 22.3 Å². The molecule has 0 aromatic heterocycles. The lowest BCUT2D eigenvalue weighted by Gasteiger charge is -2.31. The molecule has 3 aliphatic rings. The van der Waals surface area contributed by atoms with E-state index in [1.165, 1.54) is 77.2 Å². The van der Waals surface area contributed by atoms with Crippen LogP contribution in [0.3, 0.4) is 0 Å². The number of aliphatic imine (C=N–C) groups is 1. The Morgan fingerprint density at radius 3 is 1.78 bits per heavy atom. The first-order valence-electron chi connectivity index (χ1n) is 19.2. The number of para-hydroxylation sites is 1. The molecule has 260 valence electrons. The lowest BCUT2D eigenvalue weighted by Crippen LogP contribution is -2.87. The van der Waals surface area contributed by atoms with Crippen molar-refractivity contribution in [1.29, 1.82) is 0 Å². The third-order valence-corrected chi connectivity index (χ3v) is 11.7. The summed E-state index contributed by atoms with van der Waals surface area (Å²) in [4.78, 5) is 7.90. The van der Waals surface area contributed by atoms with E-state index in [9.17, 15) is 0 Å². The molecule has 3 unspecified atom stereocenters. The summed E-state index contributed by atoms with van der Waals surface area (Å²) in [6, 6.07) is 62.1. The average molecular weight is 705 g/mol. The molecular formula is C52H38N3+. The van der Waals surface area contributed by atoms with Gasteiger partial charge in [0.1, 0.15) is 0 Å². The first kappa shape index (κ1) is 31.7. The third-order valence-electron chi connectivity index (χ3n) is 11.7. The SMILES string of the molecule is C1=CC2c3ccccc3N(C3=CC(c4ccccc4)=NC(c4cccc(-c5ccc(-c6ccc7c8ccccc8c8ccccc8c7c6)cc5)c4)[NH2+]3)C2C=C1. The fourth-order valence-corrected chi connectivity index (χ4v) is 9.10. The van der Waals surface area contributed by atoms with Crippen molar-refractivity contribution < 1.29 is 5.32 Å². The van der Waals surface area contributed by atoms with Crippen LogP contribution < -0.4 is 10.2 Å². The van der Waals surface area contributed by atoms with Gasteiger partial charge in [0.25, 0.3) is 0 Å². The zero-order chi connectivity index (χ0) is 36.3. The minimum Gasteiger partial charge on any atom is -0.290 e. The van der Waals surface area contributed by atoms with E-state index in [1.807, 2.05) is 0 Å². The highest BCUT2D eigenvalue weighted by Gasteiger charge is 2.41. The minimum atomic E-state index is -0.132. The smallest absolute Gasteiger partial charge is 0.212 e. The van der Waals surface area contributed by atoms with Gasteiger partial charge in [0.2, 0.25) is 12.0 Å². The summed E-state index contributed by atoms with van der Waals surface area (Å²) in [5.41, 5.74) is 10.8. The van der Waals surface area contributed by atoms with Crippen LogP contribution in [-0.2, 0) is 0 Å². The van der Waals surface area contributed by atoms with E-state index in [1.54, 1.807) is 0 Å². The summed E-state index contributed by atoms with van der Waals surface area (Å²) >= 11 is 0.